The van der Waals surface area contributed by atoms with Gasteiger partial charge in [0.05, 0.1) is 17.3 Å². The van der Waals surface area contributed by atoms with Crippen LogP contribution in [0, 0.1) is 18.3 Å². The molecule has 130 valence electrons. The van der Waals surface area contributed by atoms with Crippen LogP contribution < -0.4 is 10.8 Å². The summed E-state index contributed by atoms with van der Waals surface area (Å²) in [5.74, 6) is 0.674. The standard InChI is InChI=1S/C18H22BN3O3/c1-12-10-15(22-23-12)16(11-20)21-14-8-6-13(7-9-14)19-24-17(2,3)18(4,5)25-19/h6-10,16,21H,1-5H3. The van der Waals surface area contributed by atoms with Gasteiger partial charge < -0.3 is 19.1 Å². The number of aryl methyl sites for hydroxylation is 1. The van der Waals surface area contributed by atoms with Crippen molar-refractivity contribution >= 4 is 18.3 Å². The lowest BCUT2D eigenvalue weighted by atomic mass is 9.79. The molecule has 2 aromatic rings. The highest BCUT2D eigenvalue weighted by atomic mass is 16.7. The van der Waals surface area contributed by atoms with Gasteiger partial charge in [0.2, 0.25) is 0 Å². The Morgan fingerprint density at radius 2 is 1.72 bits per heavy atom. The molecule has 6 nitrogen and oxygen atoms in total. The number of anilines is 1. The van der Waals surface area contributed by atoms with E-state index in [-0.39, 0.29) is 11.2 Å². The third-order valence-electron chi connectivity index (χ3n) is 4.82. The van der Waals surface area contributed by atoms with Crippen molar-refractivity contribution in [3.8, 4) is 6.07 Å². The predicted molar refractivity (Wildman–Crippen MR) is 95.4 cm³/mol. The highest BCUT2D eigenvalue weighted by Crippen LogP contribution is 2.36. The molecule has 1 saturated heterocycles. The van der Waals surface area contributed by atoms with Crippen LogP contribution in [-0.2, 0) is 9.31 Å². The Hall–Kier alpha value is -2.30. The van der Waals surface area contributed by atoms with Gasteiger partial charge in [-0.1, -0.05) is 17.3 Å². The molecule has 0 radical (unpaired) electrons. The molecule has 1 fully saturated rings. The zero-order valence-corrected chi connectivity index (χ0v) is 15.2. The van der Waals surface area contributed by atoms with E-state index < -0.39 is 13.2 Å². The molecule has 1 aliphatic rings. The van der Waals surface area contributed by atoms with Crippen molar-refractivity contribution in [2.75, 3.05) is 5.32 Å². The molecule has 25 heavy (non-hydrogen) atoms. The van der Waals surface area contributed by atoms with Crippen LogP contribution in [0.1, 0.15) is 45.2 Å². The van der Waals surface area contributed by atoms with Crippen LogP contribution in [0.15, 0.2) is 34.9 Å². The SMILES string of the molecule is Cc1cc(C(C#N)Nc2ccc(B3OC(C)(C)C(C)(C)O3)cc2)no1. The third kappa shape index (κ3) is 3.41. The Morgan fingerprint density at radius 1 is 1.12 bits per heavy atom. The maximum absolute atomic E-state index is 9.36. The molecule has 0 saturated carbocycles. The van der Waals surface area contributed by atoms with Gasteiger partial charge in [0.15, 0.2) is 6.04 Å². The number of hydrogen-bond acceptors (Lipinski definition) is 6. The molecule has 0 bridgehead atoms. The highest BCUT2D eigenvalue weighted by Gasteiger charge is 2.51. The minimum absolute atomic E-state index is 0.370. The summed E-state index contributed by atoms with van der Waals surface area (Å²) in [6.07, 6.45) is 0. The van der Waals surface area contributed by atoms with Crippen molar-refractivity contribution < 1.29 is 13.8 Å². The van der Waals surface area contributed by atoms with E-state index in [2.05, 4.69) is 16.5 Å². The van der Waals surface area contributed by atoms with Gasteiger partial charge in [-0.05, 0) is 52.2 Å². The quantitative estimate of drug-likeness (QED) is 0.863. The molecule has 0 aliphatic carbocycles. The van der Waals surface area contributed by atoms with E-state index in [1.807, 2.05) is 52.0 Å². The molecule has 1 aromatic carbocycles. The van der Waals surface area contributed by atoms with E-state index in [0.717, 1.165) is 11.2 Å². The largest absolute Gasteiger partial charge is 0.494 e. The van der Waals surface area contributed by atoms with Crippen LogP contribution in [-0.4, -0.2) is 23.5 Å². The van der Waals surface area contributed by atoms with Crippen molar-refractivity contribution in [2.45, 2.75) is 51.9 Å². The minimum Gasteiger partial charge on any atom is -0.399 e. The maximum atomic E-state index is 9.36. The fraction of sp³-hybridized carbons (Fsp3) is 0.444. The van der Waals surface area contributed by atoms with Crippen molar-refractivity contribution in [1.82, 2.24) is 5.16 Å². The highest BCUT2D eigenvalue weighted by molar-refractivity contribution is 6.62. The molecule has 7 heteroatoms. The van der Waals surface area contributed by atoms with E-state index in [1.165, 1.54) is 0 Å². The molecule has 1 atom stereocenters. The summed E-state index contributed by atoms with van der Waals surface area (Å²) in [4.78, 5) is 0. The lowest BCUT2D eigenvalue weighted by Gasteiger charge is -2.32. The van der Waals surface area contributed by atoms with Gasteiger partial charge >= 0.3 is 7.12 Å². The fourth-order valence-electron chi connectivity index (χ4n) is 2.58. The molecule has 2 heterocycles. The first-order chi connectivity index (χ1) is 11.7. The fourth-order valence-corrected chi connectivity index (χ4v) is 2.58. The minimum atomic E-state index is -0.569. The van der Waals surface area contributed by atoms with Crippen molar-refractivity contribution in [1.29, 1.82) is 5.26 Å². The van der Waals surface area contributed by atoms with E-state index in [9.17, 15) is 5.26 Å². The topological polar surface area (TPSA) is 80.3 Å². The second kappa shape index (κ2) is 6.21. The van der Waals surface area contributed by atoms with E-state index in [0.29, 0.717) is 11.5 Å². The van der Waals surface area contributed by atoms with Crippen LogP contribution >= 0.6 is 0 Å². The van der Waals surface area contributed by atoms with Gasteiger partial charge in [-0.15, -0.1) is 0 Å². The lowest BCUT2D eigenvalue weighted by molar-refractivity contribution is 0.00578. The Morgan fingerprint density at radius 3 is 2.20 bits per heavy atom. The first-order valence-electron chi connectivity index (χ1n) is 8.27. The van der Waals surface area contributed by atoms with Crippen LogP contribution in [0.4, 0.5) is 5.69 Å². The average Bonchev–Trinajstić information content (AvgIpc) is 3.06. The molecule has 0 amide bonds. The summed E-state index contributed by atoms with van der Waals surface area (Å²) in [6.45, 7) is 9.91. The smallest absolute Gasteiger partial charge is 0.399 e. The molecular weight excluding hydrogens is 317 g/mol. The average molecular weight is 339 g/mol. The summed E-state index contributed by atoms with van der Waals surface area (Å²) in [5, 5.41) is 16.4. The van der Waals surface area contributed by atoms with Gasteiger partial charge in [-0.3, -0.25) is 0 Å². The first kappa shape index (κ1) is 17.5. The van der Waals surface area contributed by atoms with Gasteiger partial charge in [-0.2, -0.15) is 5.26 Å². The second-order valence-corrected chi connectivity index (χ2v) is 7.28. The van der Waals surface area contributed by atoms with Crippen molar-refractivity contribution in [2.24, 2.45) is 0 Å². The molecule has 3 rings (SSSR count). The van der Waals surface area contributed by atoms with Crippen LogP contribution in [0.3, 0.4) is 0 Å². The number of nitrogens with zero attached hydrogens (tertiary/aromatic N) is 2. The molecule has 1 N–H and O–H groups in total. The third-order valence-corrected chi connectivity index (χ3v) is 4.82. The predicted octanol–water partition coefficient (Wildman–Crippen LogP) is 2.96. The Bertz CT molecular complexity index is 777. The lowest BCUT2D eigenvalue weighted by Crippen LogP contribution is -2.41. The second-order valence-electron chi connectivity index (χ2n) is 7.28. The summed E-state index contributed by atoms with van der Waals surface area (Å²) < 4.78 is 17.1. The zero-order valence-electron chi connectivity index (χ0n) is 15.2. The van der Waals surface area contributed by atoms with Crippen molar-refractivity contribution in [3.63, 3.8) is 0 Å². The summed E-state index contributed by atoms with van der Waals surface area (Å²) in [7, 11) is -0.399. The number of nitriles is 1. The van der Waals surface area contributed by atoms with Gasteiger partial charge in [0.1, 0.15) is 11.5 Å². The van der Waals surface area contributed by atoms with Crippen molar-refractivity contribution in [3.05, 3.63) is 41.8 Å². The number of rotatable bonds is 4. The monoisotopic (exact) mass is 339 g/mol. The molecular formula is C18H22BN3O3. The summed E-state index contributed by atoms with van der Waals surface area (Å²) >= 11 is 0. The van der Waals surface area contributed by atoms with Gasteiger partial charge in [-0.25, -0.2) is 0 Å². The van der Waals surface area contributed by atoms with Gasteiger partial charge in [0, 0.05) is 11.8 Å². The maximum Gasteiger partial charge on any atom is 0.494 e. The number of benzene rings is 1. The summed E-state index contributed by atoms with van der Waals surface area (Å²) in [6, 6.07) is 11.0. The molecule has 0 spiro atoms. The Labute approximate surface area is 148 Å². The Balaban J connectivity index is 1.72. The number of aromatic nitrogens is 1. The van der Waals surface area contributed by atoms with Crippen LogP contribution in [0.2, 0.25) is 0 Å². The number of hydrogen-bond donors (Lipinski definition) is 1. The molecule has 1 aliphatic heterocycles. The normalized spacial score (nSPS) is 19.4. The van der Waals surface area contributed by atoms with Crippen LogP contribution in [0.5, 0.6) is 0 Å². The zero-order chi connectivity index (χ0) is 18.2. The van der Waals surface area contributed by atoms with E-state index >= 15 is 0 Å². The van der Waals surface area contributed by atoms with E-state index in [1.54, 1.807) is 13.0 Å². The first-order valence-corrected chi connectivity index (χ1v) is 8.27. The van der Waals surface area contributed by atoms with Gasteiger partial charge in [0.25, 0.3) is 0 Å². The number of nitrogens with one attached hydrogen (secondary N) is 1. The summed E-state index contributed by atoms with van der Waals surface area (Å²) in [5.41, 5.74) is 1.58. The van der Waals surface area contributed by atoms with E-state index in [4.69, 9.17) is 13.8 Å². The molecule has 1 unspecified atom stereocenters. The Kier molecular flexibility index (Phi) is 4.35. The van der Waals surface area contributed by atoms with Crippen LogP contribution in [0.25, 0.3) is 0 Å². The molecule has 1 aromatic heterocycles.